The van der Waals surface area contributed by atoms with Gasteiger partial charge in [0.15, 0.2) is 0 Å². The zero-order valence-electron chi connectivity index (χ0n) is 12.8. The van der Waals surface area contributed by atoms with E-state index >= 15 is 0 Å². The molecule has 0 heterocycles. The van der Waals surface area contributed by atoms with Crippen molar-refractivity contribution in [2.45, 2.75) is 44.6 Å². The van der Waals surface area contributed by atoms with Crippen LogP contribution < -0.4 is 4.72 Å². The van der Waals surface area contributed by atoms with Crippen molar-refractivity contribution < 1.29 is 13.5 Å². The van der Waals surface area contributed by atoms with Gasteiger partial charge in [0.05, 0.1) is 22.1 Å². The third kappa shape index (κ3) is 5.12. The second kappa shape index (κ2) is 6.56. The number of aliphatic hydroxyl groups is 1. The van der Waals surface area contributed by atoms with Gasteiger partial charge in [0.1, 0.15) is 0 Å². The lowest BCUT2D eigenvalue weighted by atomic mass is 9.95. The Morgan fingerprint density at radius 2 is 2.05 bits per heavy atom. The largest absolute Gasteiger partial charge is 0.389 e. The molecule has 2 N–H and O–H groups in total. The standard InChI is InChI=1S/C15H22N2O3S/c1-11(2)8-15(4,18)10-17-21(19,20)14-7-13(9-16)6-5-12(14)3/h5-7,11,17-18H,8,10H2,1-4H3. The van der Waals surface area contributed by atoms with Crippen molar-refractivity contribution in [3.63, 3.8) is 0 Å². The van der Waals surface area contributed by atoms with E-state index in [1.807, 2.05) is 19.9 Å². The zero-order chi connectivity index (χ0) is 16.3. The number of sulfonamides is 1. The molecule has 1 aromatic rings. The molecule has 6 heteroatoms. The van der Waals surface area contributed by atoms with Crippen LogP contribution in [0.5, 0.6) is 0 Å². The van der Waals surface area contributed by atoms with Crippen LogP contribution in [0.4, 0.5) is 0 Å². The van der Waals surface area contributed by atoms with Crippen molar-refractivity contribution in [2.75, 3.05) is 6.54 Å². The monoisotopic (exact) mass is 310 g/mol. The summed E-state index contributed by atoms with van der Waals surface area (Å²) in [6.45, 7) is 7.13. The van der Waals surface area contributed by atoms with Gasteiger partial charge in [0, 0.05) is 6.54 Å². The van der Waals surface area contributed by atoms with E-state index in [9.17, 15) is 13.5 Å². The second-order valence-electron chi connectivity index (χ2n) is 6.01. The fraction of sp³-hybridized carbons (Fsp3) is 0.533. The molecule has 0 saturated carbocycles. The molecule has 0 saturated heterocycles. The van der Waals surface area contributed by atoms with E-state index in [1.165, 1.54) is 6.07 Å². The molecule has 116 valence electrons. The molecule has 0 aromatic heterocycles. The van der Waals surface area contributed by atoms with Crippen LogP contribution in [0.15, 0.2) is 23.1 Å². The molecule has 1 rings (SSSR count). The van der Waals surface area contributed by atoms with Crippen LogP contribution in [-0.4, -0.2) is 25.7 Å². The third-order valence-corrected chi connectivity index (χ3v) is 4.64. The minimum atomic E-state index is -3.75. The van der Waals surface area contributed by atoms with Crippen LogP contribution in [0.1, 0.15) is 38.3 Å². The van der Waals surface area contributed by atoms with Gasteiger partial charge in [-0.25, -0.2) is 13.1 Å². The SMILES string of the molecule is Cc1ccc(C#N)cc1S(=O)(=O)NCC(C)(O)CC(C)C. The lowest BCUT2D eigenvalue weighted by Crippen LogP contribution is -2.41. The predicted octanol–water partition coefficient (Wildman–Crippen LogP) is 1.94. The average Bonchev–Trinajstić information content (AvgIpc) is 2.36. The van der Waals surface area contributed by atoms with Gasteiger partial charge in [0.2, 0.25) is 10.0 Å². The van der Waals surface area contributed by atoms with Crippen molar-refractivity contribution in [1.29, 1.82) is 5.26 Å². The van der Waals surface area contributed by atoms with Crippen LogP contribution in [0.2, 0.25) is 0 Å². The molecule has 0 radical (unpaired) electrons. The molecular weight excluding hydrogens is 288 g/mol. The van der Waals surface area contributed by atoms with Crippen LogP contribution in [0, 0.1) is 24.2 Å². The summed E-state index contributed by atoms with van der Waals surface area (Å²) in [4.78, 5) is 0.0712. The molecule has 0 bridgehead atoms. The van der Waals surface area contributed by atoms with Crippen molar-refractivity contribution in [2.24, 2.45) is 5.92 Å². The van der Waals surface area contributed by atoms with E-state index in [4.69, 9.17) is 5.26 Å². The van der Waals surface area contributed by atoms with Crippen LogP contribution >= 0.6 is 0 Å². The van der Waals surface area contributed by atoms with Gasteiger partial charge < -0.3 is 5.11 Å². The number of hydrogen-bond donors (Lipinski definition) is 2. The highest BCUT2D eigenvalue weighted by Gasteiger charge is 2.26. The smallest absolute Gasteiger partial charge is 0.240 e. The Kier molecular flexibility index (Phi) is 5.51. The summed E-state index contributed by atoms with van der Waals surface area (Å²) < 4.78 is 27.1. The first-order valence-corrected chi connectivity index (χ1v) is 8.28. The van der Waals surface area contributed by atoms with Crippen LogP contribution in [0.3, 0.4) is 0 Å². The Labute approximate surface area is 126 Å². The van der Waals surface area contributed by atoms with Gasteiger partial charge in [-0.1, -0.05) is 19.9 Å². The number of benzene rings is 1. The summed E-state index contributed by atoms with van der Waals surface area (Å²) in [6.07, 6.45) is 0.493. The highest BCUT2D eigenvalue weighted by atomic mass is 32.2. The van der Waals surface area contributed by atoms with E-state index < -0.39 is 15.6 Å². The van der Waals surface area contributed by atoms with Gasteiger partial charge in [-0.3, -0.25) is 0 Å². The molecule has 1 unspecified atom stereocenters. The Morgan fingerprint density at radius 1 is 1.43 bits per heavy atom. The normalized spacial score (nSPS) is 14.7. The fourth-order valence-corrected chi connectivity index (χ4v) is 3.67. The Hall–Kier alpha value is -1.42. The average molecular weight is 310 g/mol. The second-order valence-corrected chi connectivity index (χ2v) is 7.75. The molecular formula is C15H22N2O3S. The van der Waals surface area contributed by atoms with Crippen LogP contribution in [-0.2, 0) is 10.0 Å². The van der Waals surface area contributed by atoms with Crippen molar-refractivity contribution in [3.8, 4) is 6.07 Å². The number of hydrogen-bond acceptors (Lipinski definition) is 4. The van der Waals surface area contributed by atoms with Gasteiger partial charge in [-0.15, -0.1) is 0 Å². The molecule has 1 aromatic carbocycles. The topological polar surface area (TPSA) is 90.2 Å². The van der Waals surface area contributed by atoms with Crippen molar-refractivity contribution in [1.82, 2.24) is 4.72 Å². The number of rotatable bonds is 6. The maximum atomic E-state index is 12.3. The molecule has 0 fully saturated rings. The predicted molar refractivity (Wildman–Crippen MR) is 81.2 cm³/mol. The zero-order valence-corrected chi connectivity index (χ0v) is 13.7. The highest BCUT2D eigenvalue weighted by Crippen LogP contribution is 2.19. The molecule has 0 aliphatic heterocycles. The Balaban J connectivity index is 2.95. The minimum Gasteiger partial charge on any atom is -0.389 e. The van der Waals surface area contributed by atoms with Gasteiger partial charge in [-0.05, 0) is 43.9 Å². The highest BCUT2D eigenvalue weighted by molar-refractivity contribution is 7.89. The minimum absolute atomic E-state index is 0.0657. The summed E-state index contributed by atoms with van der Waals surface area (Å²) in [5.41, 5.74) is -0.262. The van der Waals surface area contributed by atoms with E-state index in [1.54, 1.807) is 26.0 Å². The van der Waals surface area contributed by atoms with E-state index in [-0.39, 0.29) is 22.9 Å². The Bertz CT molecular complexity index is 643. The molecule has 0 spiro atoms. The third-order valence-electron chi connectivity index (χ3n) is 3.10. The fourth-order valence-electron chi connectivity index (χ4n) is 2.24. The lowest BCUT2D eigenvalue weighted by molar-refractivity contribution is 0.0436. The molecule has 5 nitrogen and oxygen atoms in total. The quantitative estimate of drug-likeness (QED) is 0.840. The number of nitriles is 1. The van der Waals surface area contributed by atoms with Crippen LogP contribution in [0.25, 0.3) is 0 Å². The van der Waals surface area contributed by atoms with Gasteiger partial charge in [0.25, 0.3) is 0 Å². The molecule has 0 aliphatic rings. The maximum absolute atomic E-state index is 12.3. The number of aryl methyl sites for hydroxylation is 1. The first kappa shape index (κ1) is 17.6. The van der Waals surface area contributed by atoms with Crippen molar-refractivity contribution >= 4 is 10.0 Å². The molecule has 0 amide bonds. The van der Waals surface area contributed by atoms with Crippen molar-refractivity contribution in [3.05, 3.63) is 29.3 Å². The summed E-state index contributed by atoms with van der Waals surface area (Å²) >= 11 is 0. The molecule has 0 aliphatic carbocycles. The molecule has 21 heavy (non-hydrogen) atoms. The van der Waals surface area contributed by atoms with E-state index in [0.717, 1.165) is 0 Å². The first-order valence-electron chi connectivity index (χ1n) is 6.80. The number of nitrogens with one attached hydrogen (secondary N) is 1. The van der Waals surface area contributed by atoms with Gasteiger partial charge >= 0.3 is 0 Å². The summed E-state index contributed by atoms with van der Waals surface area (Å²) in [7, 11) is -3.75. The Morgan fingerprint density at radius 3 is 2.57 bits per heavy atom. The van der Waals surface area contributed by atoms with Gasteiger partial charge in [-0.2, -0.15) is 5.26 Å². The van der Waals surface area contributed by atoms with E-state index in [0.29, 0.717) is 12.0 Å². The summed E-state index contributed by atoms with van der Waals surface area (Å²) in [5, 5.41) is 19.1. The molecule has 1 atom stereocenters. The summed E-state index contributed by atoms with van der Waals surface area (Å²) in [5.74, 6) is 0.258. The maximum Gasteiger partial charge on any atom is 0.240 e. The first-order chi connectivity index (χ1) is 9.57. The van der Waals surface area contributed by atoms with E-state index in [2.05, 4.69) is 4.72 Å². The number of nitrogens with zero attached hydrogens (tertiary/aromatic N) is 1. The summed E-state index contributed by atoms with van der Waals surface area (Å²) in [6, 6.07) is 6.43. The lowest BCUT2D eigenvalue weighted by Gasteiger charge is -2.25.